The molecular formula is C21H42IN5O2. The fourth-order valence-electron chi connectivity index (χ4n) is 4.40. The molecule has 3 saturated heterocycles. The number of ether oxygens (including phenoxy) is 2. The first-order valence-corrected chi connectivity index (χ1v) is 11.4. The third-order valence-electron chi connectivity index (χ3n) is 6.05. The number of likely N-dealkylation sites (tertiary alicyclic amines) is 1. The van der Waals surface area contributed by atoms with Crippen molar-refractivity contribution in [2.24, 2.45) is 16.8 Å². The van der Waals surface area contributed by atoms with Crippen molar-refractivity contribution in [3.63, 3.8) is 0 Å². The van der Waals surface area contributed by atoms with Gasteiger partial charge >= 0.3 is 0 Å². The van der Waals surface area contributed by atoms with Crippen molar-refractivity contribution in [2.75, 3.05) is 78.8 Å². The second-order valence-corrected chi connectivity index (χ2v) is 8.69. The van der Waals surface area contributed by atoms with Crippen LogP contribution in [0.1, 0.15) is 33.1 Å². The zero-order valence-corrected chi connectivity index (χ0v) is 20.7. The van der Waals surface area contributed by atoms with E-state index in [1.54, 1.807) is 0 Å². The van der Waals surface area contributed by atoms with Crippen LogP contribution in [0.4, 0.5) is 0 Å². The smallest absolute Gasteiger partial charge is 0.191 e. The number of hydrogen-bond donors (Lipinski definition) is 2. The average molecular weight is 524 g/mol. The maximum Gasteiger partial charge on any atom is 0.191 e. The quantitative estimate of drug-likeness (QED) is 0.287. The van der Waals surface area contributed by atoms with Crippen molar-refractivity contribution in [3.8, 4) is 0 Å². The van der Waals surface area contributed by atoms with Crippen LogP contribution in [0.2, 0.25) is 0 Å². The third-order valence-corrected chi connectivity index (χ3v) is 6.05. The number of morpholine rings is 1. The molecule has 0 aromatic carbocycles. The van der Waals surface area contributed by atoms with Crippen LogP contribution in [0, 0.1) is 11.8 Å². The summed E-state index contributed by atoms with van der Waals surface area (Å²) in [5.41, 5.74) is 0. The summed E-state index contributed by atoms with van der Waals surface area (Å²) >= 11 is 0. The van der Waals surface area contributed by atoms with Gasteiger partial charge in [0.1, 0.15) is 0 Å². The summed E-state index contributed by atoms with van der Waals surface area (Å²) in [5, 5.41) is 7.12. The molecule has 2 N–H and O–H groups in total. The summed E-state index contributed by atoms with van der Waals surface area (Å²) in [7, 11) is 0. The molecule has 0 bridgehead atoms. The zero-order valence-electron chi connectivity index (χ0n) is 18.4. The molecule has 170 valence electrons. The van der Waals surface area contributed by atoms with Crippen molar-refractivity contribution in [3.05, 3.63) is 0 Å². The summed E-state index contributed by atoms with van der Waals surface area (Å²) in [5.74, 6) is 2.29. The molecule has 3 fully saturated rings. The lowest BCUT2D eigenvalue weighted by Gasteiger charge is -2.34. The number of aliphatic imine (C=N–C) groups is 1. The van der Waals surface area contributed by atoms with Gasteiger partial charge in [-0.1, -0.05) is 6.92 Å². The highest BCUT2D eigenvalue weighted by atomic mass is 127. The lowest BCUT2D eigenvalue weighted by molar-refractivity contribution is 0.0323. The van der Waals surface area contributed by atoms with E-state index in [1.165, 1.54) is 38.9 Å². The molecule has 0 amide bonds. The second-order valence-electron chi connectivity index (χ2n) is 8.69. The van der Waals surface area contributed by atoms with E-state index in [2.05, 4.69) is 34.3 Å². The standard InChI is InChI=1S/C21H41N5O2.HI/c1-3-22-21(23-14-18(2)15-26-9-12-27-13-10-26)24-20-4-7-25(8-5-20)16-19-6-11-28-17-19;/h18-20H,3-17H2,1-2H3,(H2,22,23,24);1H. The minimum absolute atomic E-state index is 0. The van der Waals surface area contributed by atoms with Gasteiger partial charge in [0.05, 0.1) is 19.8 Å². The molecule has 2 unspecified atom stereocenters. The predicted octanol–water partition coefficient (Wildman–Crippen LogP) is 1.63. The molecule has 3 aliphatic rings. The van der Waals surface area contributed by atoms with Crippen molar-refractivity contribution in [1.82, 2.24) is 20.4 Å². The highest BCUT2D eigenvalue weighted by molar-refractivity contribution is 14.0. The van der Waals surface area contributed by atoms with E-state index in [4.69, 9.17) is 14.5 Å². The Balaban J connectivity index is 0.00000300. The first-order chi connectivity index (χ1) is 13.7. The van der Waals surface area contributed by atoms with Crippen LogP contribution in [0.15, 0.2) is 4.99 Å². The van der Waals surface area contributed by atoms with Gasteiger partial charge in [0.2, 0.25) is 0 Å². The monoisotopic (exact) mass is 523 g/mol. The van der Waals surface area contributed by atoms with E-state index in [1.807, 2.05) is 0 Å². The molecule has 0 aromatic heterocycles. The van der Waals surface area contributed by atoms with Crippen LogP contribution >= 0.6 is 24.0 Å². The van der Waals surface area contributed by atoms with Gasteiger partial charge in [-0.25, -0.2) is 0 Å². The fourth-order valence-corrected chi connectivity index (χ4v) is 4.40. The van der Waals surface area contributed by atoms with Gasteiger partial charge in [0.25, 0.3) is 0 Å². The predicted molar refractivity (Wildman–Crippen MR) is 129 cm³/mol. The Kier molecular flexibility index (Phi) is 12.1. The summed E-state index contributed by atoms with van der Waals surface area (Å²) < 4.78 is 11.0. The van der Waals surface area contributed by atoms with Gasteiger partial charge in [0.15, 0.2) is 5.96 Å². The van der Waals surface area contributed by atoms with E-state index in [0.29, 0.717) is 12.0 Å². The van der Waals surface area contributed by atoms with E-state index < -0.39 is 0 Å². The Hall–Kier alpha value is -0.160. The molecule has 3 rings (SSSR count). The van der Waals surface area contributed by atoms with Gasteiger partial charge in [-0.3, -0.25) is 9.89 Å². The van der Waals surface area contributed by atoms with E-state index in [9.17, 15) is 0 Å². The highest BCUT2D eigenvalue weighted by Crippen LogP contribution is 2.17. The largest absolute Gasteiger partial charge is 0.381 e. The molecule has 2 atom stereocenters. The summed E-state index contributed by atoms with van der Waals surface area (Å²) in [6.07, 6.45) is 3.63. The van der Waals surface area contributed by atoms with Crippen molar-refractivity contribution in [2.45, 2.75) is 39.2 Å². The number of rotatable bonds is 8. The SMILES string of the molecule is CCNC(=NCC(C)CN1CCOCC1)NC1CCN(CC2CCOC2)CC1.I. The van der Waals surface area contributed by atoms with Crippen LogP contribution in [0.25, 0.3) is 0 Å². The maximum atomic E-state index is 5.52. The first kappa shape index (κ1) is 25.1. The number of piperidine rings is 1. The molecule has 0 radical (unpaired) electrons. The van der Waals surface area contributed by atoms with Gasteiger partial charge in [-0.15, -0.1) is 24.0 Å². The summed E-state index contributed by atoms with van der Waals surface area (Å²) in [4.78, 5) is 9.99. The van der Waals surface area contributed by atoms with E-state index in [0.717, 1.165) is 71.0 Å². The fraction of sp³-hybridized carbons (Fsp3) is 0.952. The van der Waals surface area contributed by atoms with E-state index in [-0.39, 0.29) is 24.0 Å². The highest BCUT2D eigenvalue weighted by Gasteiger charge is 2.24. The lowest BCUT2D eigenvalue weighted by Crippen LogP contribution is -2.49. The molecule has 0 saturated carbocycles. The topological polar surface area (TPSA) is 61.4 Å². The van der Waals surface area contributed by atoms with Crippen molar-refractivity contribution < 1.29 is 9.47 Å². The number of nitrogens with one attached hydrogen (secondary N) is 2. The minimum Gasteiger partial charge on any atom is -0.381 e. The van der Waals surface area contributed by atoms with E-state index >= 15 is 0 Å². The molecule has 3 aliphatic heterocycles. The summed E-state index contributed by atoms with van der Waals surface area (Å²) in [6, 6.07) is 0.531. The molecule has 0 spiro atoms. The van der Waals surface area contributed by atoms with Gasteiger partial charge in [0, 0.05) is 65.0 Å². The van der Waals surface area contributed by atoms with Gasteiger partial charge in [-0.05, 0) is 38.0 Å². The van der Waals surface area contributed by atoms with Crippen molar-refractivity contribution in [1.29, 1.82) is 0 Å². The third kappa shape index (κ3) is 9.25. The van der Waals surface area contributed by atoms with Crippen molar-refractivity contribution >= 4 is 29.9 Å². The van der Waals surface area contributed by atoms with Gasteiger partial charge < -0.3 is 25.0 Å². The molecule has 7 nitrogen and oxygen atoms in total. The number of guanidine groups is 1. The zero-order chi connectivity index (χ0) is 19.6. The lowest BCUT2D eigenvalue weighted by atomic mass is 10.0. The normalized spacial score (nSPS) is 26.1. The first-order valence-electron chi connectivity index (χ1n) is 11.4. The minimum atomic E-state index is 0. The summed E-state index contributed by atoms with van der Waals surface area (Å²) in [6.45, 7) is 16.6. The number of nitrogens with zero attached hydrogens (tertiary/aromatic N) is 3. The average Bonchev–Trinajstić information content (AvgIpc) is 3.22. The molecule has 3 heterocycles. The second kappa shape index (κ2) is 14.0. The Morgan fingerprint density at radius 2 is 1.79 bits per heavy atom. The molecule has 0 aromatic rings. The van der Waals surface area contributed by atoms with Crippen LogP contribution in [0.3, 0.4) is 0 Å². The molecule has 8 heteroatoms. The van der Waals surface area contributed by atoms with Crippen LogP contribution in [-0.2, 0) is 9.47 Å². The molecule has 0 aliphatic carbocycles. The van der Waals surface area contributed by atoms with Crippen LogP contribution < -0.4 is 10.6 Å². The maximum absolute atomic E-state index is 5.52. The Bertz CT molecular complexity index is 462. The number of halogens is 1. The van der Waals surface area contributed by atoms with Crippen LogP contribution in [-0.4, -0.2) is 101 Å². The Labute approximate surface area is 194 Å². The Morgan fingerprint density at radius 1 is 1.03 bits per heavy atom. The van der Waals surface area contributed by atoms with Crippen LogP contribution in [0.5, 0.6) is 0 Å². The van der Waals surface area contributed by atoms with Gasteiger partial charge in [-0.2, -0.15) is 0 Å². The molecular weight excluding hydrogens is 481 g/mol. The molecule has 29 heavy (non-hydrogen) atoms. The Morgan fingerprint density at radius 3 is 2.45 bits per heavy atom. The number of hydrogen-bond acceptors (Lipinski definition) is 5.